The van der Waals surface area contributed by atoms with E-state index in [1.54, 1.807) is 0 Å². The zero-order valence-corrected chi connectivity index (χ0v) is 11.5. The van der Waals surface area contributed by atoms with Gasteiger partial charge in [-0.15, -0.1) is 0 Å². The van der Waals surface area contributed by atoms with E-state index in [2.05, 4.69) is 15.9 Å². The number of nitrogens with zero attached hydrogens (tertiary/aromatic N) is 1. The SMILES string of the molecule is O=S(=O)(c1cccc(F)c1)N1CCCC1CBr. The van der Waals surface area contributed by atoms with Gasteiger partial charge in [0.25, 0.3) is 0 Å². The highest BCUT2D eigenvalue weighted by Crippen LogP contribution is 2.27. The molecule has 1 aromatic carbocycles. The van der Waals surface area contributed by atoms with Gasteiger partial charge in [-0.2, -0.15) is 4.31 Å². The fourth-order valence-electron chi connectivity index (χ4n) is 2.04. The van der Waals surface area contributed by atoms with Gasteiger partial charge in [-0.3, -0.25) is 0 Å². The molecule has 1 aliphatic heterocycles. The summed E-state index contributed by atoms with van der Waals surface area (Å²) in [4.78, 5) is 0.0327. The van der Waals surface area contributed by atoms with Gasteiger partial charge in [0.2, 0.25) is 10.0 Å². The molecule has 1 aromatic rings. The number of rotatable bonds is 3. The van der Waals surface area contributed by atoms with E-state index in [0.29, 0.717) is 11.9 Å². The summed E-state index contributed by atoms with van der Waals surface area (Å²) in [5, 5.41) is 0.613. The zero-order chi connectivity index (χ0) is 12.5. The number of benzene rings is 1. The lowest BCUT2D eigenvalue weighted by Crippen LogP contribution is -2.36. The lowest BCUT2D eigenvalue weighted by Gasteiger charge is -2.22. The van der Waals surface area contributed by atoms with Crippen molar-refractivity contribution in [2.75, 3.05) is 11.9 Å². The van der Waals surface area contributed by atoms with Crippen LogP contribution in [0.1, 0.15) is 12.8 Å². The Hall–Kier alpha value is -0.460. The molecule has 0 aromatic heterocycles. The largest absolute Gasteiger partial charge is 0.243 e. The van der Waals surface area contributed by atoms with Gasteiger partial charge in [0.05, 0.1) is 4.90 Å². The topological polar surface area (TPSA) is 37.4 Å². The summed E-state index contributed by atoms with van der Waals surface area (Å²) in [6.45, 7) is 0.509. The highest BCUT2D eigenvalue weighted by Gasteiger charge is 2.34. The fraction of sp³-hybridized carbons (Fsp3) is 0.455. The van der Waals surface area contributed by atoms with Crippen LogP contribution in [0.4, 0.5) is 4.39 Å². The van der Waals surface area contributed by atoms with Gasteiger partial charge in [-0.25, -0.2) is 12.8 Å². The molecule has 0 bridgehead atoms. The van der Waals surface area contributed by atoms with Gasteiger partial charge < -0.3 is 0 Å². The summed E-state index contributed by atoms with van der Waals surface area (Å²) in [6.07, 6.45) is 1.70. The van der Waals surface area contributed by atoms with Gasteiger partial charge in [-0.1, -0.05) is 22.0 Å². The highest BCUT2D eigenvalue weighted by atomic mass is 79.9. The molecule has 1 saturated heterocycles. The Morgan fingerprint density at radius 3 is 2.88 bits per heavy atom. The third kappa shape index (κ3) is 2.53. The summed E-state index contributed by atoms with van der Waals surface area (Å²) in [6, 6.07) is 5.14. The molecule has 2 rings (SSSR count). The van der Waals surface area contributed by atoms with Gasteiger partial charge in [-0.05, 0) is 31.0 Å². The van der Waals surface area contributed by atoms with E-state index in [1.807, 2.05) is 0 Å². The lowest BCUT2D eigenvalue weighted by molar-refractivity contribution is 0.413. The van der Waals surface area contributed by atoms with Crippen LogP contribution in [0.3, 0.4) is 0 Å². The second-order valence-electron chi connectivity index (χ2n) is 4.02. The second kappa shape index (κ2) is 5.04. The molecule has 0 radical (unpaired) electrons. The quantitative estimate of drug-likeness (QED) is 0.801. The fourth-order valence-corrected chi connectivity index (χ4v) is 4.63. The zero-order valence-electron chi connectivity index (χ0n) is 9.14. The smallest absolute Gasteiger partial charge is 0.207 e. The Labute approximate surface area is 109 Å². The molecule has 1 heterocycles. The van der Waals surface area contributed by atoms with Crippen molar-refractivity contribution < 1.29 is 12.8 Å². The summed E-state index contributed by atoms with van der Waals surface area (Å²) >= 11 is 3.32. The number of sulfonamides is 1. The molecule has 1 fully saturated rings. The number of hydrogen-bond acceptors (Lipinski definition) is 2. The van der Waals surface area contributed by atoms with Crippen molar-refractivity contribution in [3.8, 4) is 0 Å². The average molecular weight is 322 g/mol. The Kier molecular flexibility index (Phi) is 3.85. The summed E-state index contributed by atoms with van der Waals surface area (Å²) < 4.78 is 39.1. The van der Waals surface area contributed by atoms with Crippen molar-refractivity contribution in [3.05, 3.63) is 30.1 Å². The van der Waals surface area contributed by atoms with Crippen LogP contribution in [0, 0.1) is 5.82 Å². The number of hydrogen-bond donors (Lipinski definition) is 0. The van der Waals surface area contributed by atoms with Crippen LogP contribution < -0.4 is 0 Å². The van der Waals surface area contributed by atoms with E-state index in [-0.39, 0.29) is 10.9 Å². The Morgan fingerprint density at radius 1 is 1.47 bits per heavy atom. The molecule has 1 aliphatic rings. The second-order valence-corrected chi connectivity index (χ2v) is 6.56. The first kappa shape index (κ1) is 13.0. The van der Waals surface area contributed by atoms with Crippen molar-refractivity contribution in [2.45, 2.75) is 23.8 Å². The number of alkyl halides is 1. The van der Waals surface area contributed by atoms with Crippen molar-refractivity contribution in [2.24, 2.45) is 0 Å². The van der Waals surface area contributed by atoms with Crippen LogP contribution in [0.15, 0.2) is 29.2 Å². The van der Waals surface area contributed by atoms with Crippen molar-refractivity contribution >= 4 is 26.0 Å². The first-order valence-corrected chi connectivity index (χ1v) is 7.95. The summed E-state index contributed by atoms with van der Waals surface area (Å²) in [5.41, 5.74) is 0. The van der Waals surface area contributed by atoms with Crippen LogP contribution >= 0.6 is 15.9 Å². The Balaban J connectivity index is 2.36. The molecular weight excluding hydrogens is 309 g/mol. The van der Waals surface area contributed by atoms with Crippen LogP contribution in [0.2, 0.25) is 0 Å². The van der Waals surface area contributed by atoms with E-state index in [9.17, 15) is 12.8 Å². The Bertz CT molecular complexity index is 506. The van der Waals surface area contributed by atoms with E-state index >= 15 is 0 Å². The standard InChI is InChI=1S/C11H13BrFNO2S/c12-8-10-4-2-6-14(10)17(15,16)11-5-1-3-9(13)7-11/h1,3,5,7,10H,2,4,6,8H2. The Morgan fingerprint density at radius 2 is 2.24 bits per heavy atom. The minimum atomic E-state index is -3.56. The molecular formula is C11H13BrFNO2S. The molecule has 1 unspecified atom stereocenters. The van der Waals surface area contributed by atoms with Crippen LogP contribution in [0.25, 0.3) is 0 Å². The van der Waals surface area contributed by atoms with Gasteiger partial charge in [0.15, 0.2) is 0 Å². The molecule has 17 heavy (non-hydrogen) atoms. The van der Waals surface area contributed by atoms with Crippen molar-refractivity contribution in [3.63, 3.8) is 0 Å². The van der Waals surface area contributed by atoms with Gasteiger partial charge in [0, 0.05) is 17.9 Å². The molecule has 3 nitrogen and oxygen atoms in total. The molecule has 0 amide bonds. The highest BCUT2D eigenvalue weighted by molar-refractivity contribution is 9.09. The maximum atomic E-state index is 13.1. The first-order valence-electron chi connectivity index (χ1n) is 5.39. The van der Waals surface area contributed by atoms with Crippen LogP contribution in [-0.2, 0) is 10.0 Å². The predicted octanol–water partition coefficient (Wildman–Crippen LogP) is 2.37. The molecule has 0 saturated carbocycles. The van der Waals surface area contributed by atoms with Crippen molar-refractivity contribution in [1.29, 1.82) is 0 Å². The normalized spacial score (nSPS) is 21.9. The molecule has 6 heteroatoms. The van der Waals surface area contributed by atoms with Gasteiger partial charge in [0.1, 0.15) is 5.82 Å². The third-order valence-corrected chi connectivity index (χ3v) is 5.60. The van der Waals surface area contributed by atoms with Crippen molar-refractivity contribution in [1.82, 2.24) is 4.31 Å². The van der Waals surface area contributed by atoms with E-state index in [1.165, 1.54) is 22.5 Å². The molecule has 0 aliphatic carbocycles. The molecule has 0 N–H and O–H groups in total. The van der Waals surface area contributed by atoms with Crippen LogP contribution in [-0.4, -0.2) is 30.6 Å². The summed E-state index contributed by atoms with van der Waals surface area (Å²) in [7, 11) is -3.56. The molecule has 1 atom stereocenters. The number of halogens is 2. The first-order chi connectivity index (χ1) is 8.05. The molecule has 0 spiro atoms. The maximum absolute atomic E-state index is 13.1. The lowest BCUT2D eigenvalue weighted by atomic mass is 10.3. The van der Waals surface area contributed by atoms with Crippen LogP contribution in [0.5, 0.6) is 0 Å². The summed E-state index contributed by atoms with van der Waals surface area (Å²) in [5.74, 6) is -0.527. The third-order valence-electron chi connectivity index (χ3n) is 2.90. The monoisotopic (exact) mass is 321 g/mol. The molecule has 94 valence electrons. The van der Waals surface area contributed by atoms with E-state index < -0.39 is 15.8 Å². The average Bonchev–Trinajstić information content (AvgIpc) is 2.77. The van der Waals surface area contributed by atoms with Gasteiger partial charge >= 0.3 is 0 Å². The van der Waals surface area contributed by atoms with E-state index in [4.69, 9.17) is 0 Å². The predicted molar refractivity (Wildman–Crippen MR) is 67.1 cm³/mol. The maximum Gasteiger partial charge on any atom is 0.243 e. The van der Waals surface area contributed by atoms with E-state index in [0.717, 1.165) is 18.9 Å². The minimum Gasteiger partial charge on any atom is -0.207 e. The minimum absolute atomic E-state index is 0.0248.